The highest BCUT2D eigenvalue weighted by Gasteiger charge is 2.21. The molecule has 0 radical (unpaired) electrons. The lowest BCUT2D eigenvalue weighted by atomic mass is 10.3. The van der Waals surface area contributed by atoms with Crippen molar-refractivity contribution in [1.82, 2.24) is 0 Å². The van der Waals surface area contributed by atoms with Crippen LogP contribution in [0.25, 0.3) is 0 Å². The highest BCUT2D eigenvalue weighted by molar-refractivity contribution is 8.76. The zero-order chi connectivity index (χ0) is 16.3. The van der Waals surface area contributed by atoms with Crippen molar-refractivity contribution in [2.75, 3.05) is 14.2 Å². The van der Waals surface area contributed by atoms with Crippen molar-refractivity contribution in [3.05, 3.63) is 31.6 Å². The van der Waals surface area contributed by atoms with E-state index in [-0.39, 0.29) is 11.9 Å². The van der Waals surface area contributed by atoms with Gasteiger partial charge in [0.2, 0.25) is 0 Å². The van der Waals surface area contributed by atoms with Crippen LogP contribution in [0.15, 0.2) is 20.6 Å². The van der Waals surface area contributed by atoms with Crippen LogP contribution < -0.4 is 0 Å². The quantitative estimate of drug-likeness (QED) is 0.553. The number of carbonyl (C=O) groups excluding carboxylic acids is 2. The van der Waals surface area contributed by atoms with E-state index < -0.39 is 0 Å². The molecule has 8 heteroatoms. The van der Waals surface area contributed by atoms with Gasteiger partial charge in [-0.2, -0.15) is 0 Å². The molecule has 2 rings (SSSR count). The van der Waals surface area contributed by atoms with E-state index in [0.717, 1.165) is 19.5 Å². The molecule has 2 aromatic rings. The lowest BCUT2D eigenvalue weighted by Gasteiger charge is -2.06. The highest BCUT2D eigenvalue weighted by Crippen LogP contribution is 2.46. The van der Waals surface area contributed by atoms with Gasteiger partial charge in [0, 0.05) is 30.3 Å². The first-order valence-corrected chi connectivity index (χ1v) is 10.1. The van der Waals surface area contributed by atoms with Crippen LogP contribution in [0, 0.1) is 13.8 Å². The number of thiophene rings is 2. The van der Waals surface area contributed by atoms with E-state index in [4.69, 9.17) is 9.47 Å². The number of esters is 2. The van der Waals surface area contributed by atoms with Crippen molar-refractivity contribution in [2.24, 2.45) is 0 Å². The molecule has 0 bridgehead atoms. The molecule has 2 heterocycles. The van der Waals surface area contributed by atoms with Gasteiger partial charge in [-0.1, -0.05) is 21.6 Å². The summed E-state index contributed by atoms with van der Waals surface area (Å²) in [6.45, 7) is 3.92. The Morgan fingerprint density at radius 3 is 1.55 bits per heavy atom. The molecule has 0 fully saturated rings. The molecule has 0 aromatic carbocycles. The Bertz CT molecular complexity index is 642. The summed E-state index contributed by atoms with van der Waals surface area (Å²) in [5.41, 5.74) is 1.13. The lowest BCUT2D eigenvalue weighted by molar-refractivity contribution is 0.0588. The second-order valence-electron chi connectivity index (χ2n) is 4.22. The van der Waals surface area contributed by atoms with Crippen LogP contribution in [0.4, 0.5) is 0 Å². The van der Waals surface area contributed by atoms with Crippen LogP contribution >= 0.6 is 44.3 Å². The zero-order valence-corrected chi connectivity index (χ0v) is 15.7. The number of carbonyl (C=O) groups is 2. The minimum absolute atomic E-state index is 0.345. The maximum atomic E-state index is 11.8. The molecule has 0 N–H and O–H groups in total. The van der Waals surface area contributed by atoms with Gasteiger partial charge in [-0.15, -0.1) is 22.7 Å². The van der Waals surface area contributed by atoms with E-state index in [0.29, 0.717) is 11.1 Å². The molecule has 118 valence electrons. The zero-order valence-electron chi connectivity index (χ0n) is 12.4. The fourth-order valence-corrected chi connectivity index (χ4v) is 6.79. The molecule has 0 aliphatic heterocycles. The fraction of sp³-hybridized carbons (Fsp3) is 0.286. The van der Waals surface area contributed by atoms with E-state index >= 15 is 0 Å². The van der Waals surface area contributed by atoms with Gasteiger partial charge < -0.3 is 9.47 Å². The van der Waals surface area contributed by atoms with Crippen LogP contribution in [-0.4, -0.2) is 26.2 Å². The standard InChI is InChI=1S/C14H14O4S4/c1-7-11(9(5-19-7)13(15)17-3)21-22-12-8(2)20-6-10(12)14(16)18-4/h5-6H,1-4H3. The average Bonchev–Trinajstić information content (AvgIpc) is 3.07. The third-order valence-electron chi connectivity index (χ3n) is 2.85. The molecule has 0 saturated carbocycles. The third-order valence-corrected chi connectivity index (χ3v) is 7.65. The summed E-state index contributed by atoms with van der Waals surface area (Å²) >= 11 is 3.01. The topological polar surface area (TPSA) is 52.6 Å². The van der Waals surface area contributed by atoms with Crippen molar-refractivity contribution in [3.63, 3.8) is 0 Å². The maximum Gasteiger partial charge on any atom is 0.339 e. The summed E-state index contributed by atoms with van der Waals surface area (Å²) in [5.74, 6) is -0.689. The lowest BCUT2D eigenvalue weighted by Crippen LogP contribution is -2.01. The average molecular weight is 375 g/mol. The summed E-state index contributed by atoms with van der Waals surface area (Å²) in [6, 6.07) is 0. The van der Waals surface area contributed by atoms with Crippen molar-refractivity contribution in [1.29, 1.82) is 0 Å². The normalized spacial score (nSPS) is 10.5. The number of hydrogen-bond acceptors (Lipinski definition) is 8. The summed E-state index contributed by atoms with van der Waals surface area (Å²) in [4.78, 5) is 27.4. The van der Waals surface area contributed by atoms with Gasteiger partial charge in [0.25, 0.3) is 0 Å². The Morgan fingerprint density at radius 1 is 0.864 bits per heavy atom. The monoisotopic (exact) mass is 374 g/mol. The number of rotatable bonds is 5. The van der Waals surface area contributed by atoms with Gasteiger partial charge in [0.1, 0.15) is 0 Å². The van der Waals surface area contributed by atoms with Gasteiger partial charge in [-0.25, -0.2) is 9.59 Å². The second kappa shape index (κ2) is 7.54. The highest BCUT2D eigenvalue weighted by atomic mass is 33.1. The molecule has 0 amide bonds. The molecule has 0 saturated heterocycles. The van der Waals surface area contributed by atoms with Crippen LogP contribution in [0.3, 0.4) is 0 Å². The van der Waals surface area contributed by atoms with Crippen LogP contribution in [0.1, 0.15) is 30.5 Å². The first kappa shape index (κ1) is 17.4. The van der Waals surface area contributed by atoms with Crippen molar-refractivity contribution >= 4 is 56.2 Å². The van der Waals surface area contributed by atoms with E-state index in [2.05, 4.69) is 0 Å². The first-order valence-electron chi connectivity index (χ1n) is 6.16. The Hall–Kier alpha value is -0.960. The Balaban J connectivity index is 2.25. The van der Waals surface area contributed by atoms with Gasteiger partial charge in [0.05, 0.1) is 25.3 Å². The van der Waals surface area contributed by atoms with Crippen LogP contribution in [-0.2, 0) is 9.47 Å². The molecular weight excluding hydrogens is 360 g/mol. The van der Waals surface area contributed by atoms with Crippen molar-refractivity contribution in [2.45, 2.75) is 23.6 Å². The summed E-state index contributed by atoms with van der Waals surface area (Å²) in [7, 11) is 5.67. The minimum Gasteiger partial charge on any atom is -0.465 e. The Labute approximate surface area is 144 Å². The minimum atomic E-state index is -0.345. The van der Waals surface area contributed by atoms with Crippen molar-refractivity contribution in [3.8, 4) is 0 Å². The predicted molar refractivity (Wildman–Crippen MR) is 92.5 cm³/mol. The molecule has 0 atom stereocenters. The summed E-state index contributed by atoms with van der Waals surface area (Å²) in [6.07, 6.45) is 0. The molecule has 22 heavy (non-hydrogen) atoms. The predicted octanol–water partition coefficient (Wildman–Crippen LogP) is 4.80. The summed E-state index contributed by atoms with van der Waals surface area (Å²) in [5, 5.41) is 3.59. The first-order chi connectivity index (χ1) is 10.5. The SMILES string of the molecule is COC(=O)c1csc(C)c1SSc1c(C(=O)OC)csc1C. The van der Waals surface area contributed by atoms with E-state index in [1.807, 2.05) is 13.8 Å². The molecule has 2 aromatic heterocycles. The Morgan fingerprint density at radius 2 is 1.23 bits per heavy atom. The van der Waals surface area contributed by atoms with Gasteiger partial charge in [-0.3, -0.25) is 0 Å². The van der Waals surface area contributed by atoms with E-state index in [1.165, 1.54) is 58.5 Å². The van der Waals surface area contributed by atoms with Gasteiger partial charge >= 0.3 is 11.9 Å². The van der Waals surface area contributed by atoms with Crippen LogP contribution in [0.5, 0.6) is 0 Å². The number of ether oxygens (including phenoxy) is 2. The second-order valence-corrected chi connectivity index (χ2v) is 8.54. The van der Waals surface area contributed by atoms with Gasteiger partial charge in [0.15, 0.2) is 0 Å². The van der Waals surface area contributed by atoms with Gasteiger partial charge in [-0.05, 0) is 13.8 Å². The summed E-state index contributed by atoms with van der Waals surface area (Å²) < 4.78 is 9.61. The maximum absolute atomic E-state index is 11.8. The number of hydrogen-bond donors (Lipinski definition) is 0. The van der Waals surface area contributed by atoms with Crippen molar-refractivity contribution < 1.29 is 19.1 Å². The number of methoxy groups -OCH3 is 2. The molecule has 0 aliphatic carbocycles. The largest absolute Gasteiger partial charge is 0.465 e. The Kier molecular flexibility index (Phi) is 5.96. The molecule has 4 nitrogen and oxygen atoms in total. The van der Waals surface area contributed by atoms with E-state index in [1.54, 1.807) is 10.8 Å². The fourth-order valence-electron chi connectivity index (χ4n) is 1.68. The van der Waals surface area contributed by atoms with E-state index in [9.17, 15) is 9.59 Å². The number of aryl methyl sites for hydroxylation is 2. The molecular formula is C14H14O4S4. The molecule has 0 aliphatic rings. The molecule has 0 spiro atoms. The smallest absolute Gasteiger partial charge is 0.339 e. The third kappa shape index (κ3) is 3.51. The molecule has 0 unspecified atom stereocenters. The van der Waals surface area contributed by atoms with Crippen LogP contribution in [0.2, 0.25) is 0 Å².